The first-order valence-corrected chi connectivity index (χ1v) is 5.17. The third-order valence-corrected chi connectivity index (χ3v) is 1.02. The molecule has 1 amide bonds. The van der Waals surface area contributed by atoms with Crippen LogP contribution in [0.1, 0.15) is 27.7 Å². The Balaban J connectivity index is -0.0000000823. The van der Waals surface area contributed by atoms with Crippen molar-refractivity contribution in [1.82, 2.24) is 10.6 Å². The smallest absolute Gasteiger partial charge is 0.320 e. The molecule has 6 nitrogen and oxygen atoms in total. The van der Waals surface area contributed by atoms with Gasteiger partial charge in [-0.2, -0.15) is 6.41 Å². The predicted octanol–water partition coefficient (Wildman–Crippen LogP) is 0.185. The SMILES string of the molecule is CC(C)(C)C=O.CCNC.O=[C-]NCC(=O)O.[Fm]. The molecule has 0 radical (unpaired) electrons. The zero-order valence-electron chi connectivity index (χ0n) is 11.5. The van der Waals surface area contributed by atoms with Crippen LogP contribution in [-0.2, 0) is 14.4 Å². The number of carbonyl (C=O) groups is 2. The van der Waals surface area contributed by atoms with Gasteiger partial charge in [0.25, 0.3) is 0 Å². The largest absolute Gasteiger partial charge is 0.521 e. The molecule has 114 valence electrons. The summed E-state index contributed by atoms with van der Waals surface area (Å²) >= 11 is 0. The van der Waals surface area contributed by atoms with Crippen molar-refractivity contribution in [2.24, 2.45) is 5.41 Å². The number of aliphatic carboxylic acids is 1. The molecule has 7 heteroatoms. The topological polar surface area (TPSA) is 95.5 Å². The van der Waals surface area contributed by atoms with E-state index in [4.69, 9.17) is 5.11 Å². The van der Waals surface area contributed by atoms with E-state index in [1.165, 1.54) is 6.41 Å². The molecule has 0 aromatic carbocycles. The molecule has 0 fully saturated rings. The van der Waals surface area contributed by atoms with Crippen molar-refractivity contribution in [3.63, 3.8) is 0 Å². The first-order valence-electron chi connectivity index (χ1n) is 5.17. The molecule has 0 bridgehead atoms. The number of aldehydes is 1. The molecule has 0 aliphatic heterocycles. The van der Waals surface area contributed by atoms with E-state index in [0.717, 1.165) is 12.8 Å². The predicted molar refractivity (Wildman–Crippen MR) is 66.5 cm³/mol. The van der Waals surface area contributed by atoms with Crippen molar-refractivity contribution in [2.45, 2.75) is 27.7 Å². The summed E-state index contributed by atoms with van der Waals surface area (Å²) in [7, 11) is 1.93. The second kappa shape index (κ2) is 17.0. The van der Waals surface area contributed by atoms with Gasteiger partial charge in [-0.3, -0.25) is 4.79 Å². The van der Waals surface area contributed by atoms with Crippen molar-refractivity contribution in [1.29, 1.82) is 0 Å². The molecule has 0 aliphatic rings. The quantitative estimate of drug-likeness (QED) is 0.289. The molecule has 0 rings (SSSR count). The third kappa shape index (κ3) is 69.1. The summed E-state index contributed by atoms with van der Waals surface area (Å²) in [6.07, 6.45) is 2.16. The number of carbonyl (C=O) groups excluding carboxylic acids is 2. The molecule has 0 saturated carbocycles. The molecule has 0 unspecified atom stereocenters. The average molecular weight is 504 g/mol. The van der Waals surface area contributed by atoms with Crippen molar-refractivity contribution >= 4 is 18.7 Å². The first-order chi connectivity index (χ1) is 7.74. The summed E-state index contributed by atoms with van der Waals surface area (Å²) in [5, 5.41) is 12.6. The Morgan fingerprint density at radius 2 is 1.72 bits per heavy atom. The summed E-state index contributed by atoms with van der Waals surface area (Å²) in [6, 6.07) is 0. The van der Waals surface area contributed by atoms with Crippen LogP contribution in [0.3, 0.4) is 0 Å². The monoisotopic (exact) mass is 504 g/mol. The van der Waals surface area contributed by atoms with E-state index >= 15 is 0 Å². The molecule has 0 heterocycles. The Kier molecular flexibility index (Phi) is 23.3. The minimum atomic E-state index is -1.07. The number of hydrogen-bond donors (Lipinski definition) is 3. The average Bonchev–Trinajstić information content (AvgIpc) is 2.26. The van der Waals surface area contributed by atoms with Gasteiger partial charge in [-0.05, 0) is 13.6 Å². The Hall–Kier alpha value is -2.43. The number of nitrogens with one attached hydrogen (secondary N) is 2. The molecule has 18 heavy (non-hydrogen) atoms. The van der Waals surface area contributed by atoms with E-state index in [2.05, 4.69) is 12.2 Å². The van der Waals surface area contributed by atoms with Gasteiger partial charge in [0.05, 0.1) is 6.54 Å². The summed E-state index contributed by atoms with van der Waals surface area (Å²) in [6.45, 7) is 8.41. The first kappa shape index (κ1) is 24.7. The number of carboxylic acid groups (broad SMARTS) is 1. The third-order valence-electron chi connectivity index (χ3n) is 1.02. The molecule has 0 aliphatic carbocycles. The number of hydrogen-bond acceptors (Lipinski definition) is 4. The van der Waals surface area contributed by atoms with Crippen LogP contribution < -0.4 is 10.6 Å². The molecule has 0 aromatic rings. The zero-order valence-corrected chi connectivity index (χ0v) is 13.9. The zero-order chi connectivity index (χ0) is 14.3. The van der Waals surface area contributed by atoms with Crippen molar-refractivity contribution in [2.75, 3.05) is 20.1 Å². The van der Waals surface area contributed by atoms with Crippen LogP contribution in [0.2, 0.25) is 0 Å². The van der Waals surface area contributed by atoms with Gasteiger partial charge in [0.2, 0.25) is 0 Å². The maximum absolute atomic E-state index is 9.83. The molecular weight excluding hydrogens is 481 g/mol. The molecule has 0 atom stereocenters. The van der Waals surface area contributed by atoms with Crippen molar-refractivity contribution < 1.29 is 19.5 Å². The summed E-state index contributed by atoms with van der Waals surface area (Å²) in [5.74, 6) is -1.07. The van der Waals surface area contributed by atoms with Crippen molar-refractivity contribution in [3.05, 3.63) is 0 Å². The van der Waals surface area contributed by atoms with Crippen LogP contribution in [0.5, 0.6) is 0 Å². The Morgan fingerprint density at radius 1 is 1.39 bits per heavy atom. The number of amides is 1. The Morgan fingerprint density at radius 3 is 1.78 bits per heavy atom. The molecule has 3 N–H and O–H groups in total. The van der Waals surface area contributed by atoms with Crippen LogP contribution >= 0.6 is 0 Å². The molecule has 0 spiro atoms. The van der Waals surface area contributed by atoms with Gasteiger partial charge in [-0.25, -0.2) is 0 Å². The molecule has 0 saturated heterocycles. The minimum Gasteiger partial charge on any atom is -0.521 e. The van der Waals surface area contributed by atoms with Crippen LogP contribution in [-0.4, -0.2) is 43.9 Å². The van der Waals surface area contributed by atoms with Crippen LogP contribution in [0, 0.1) is 5.41 Å². The van der Waals surface area contributed by atoms with E-state index in [1.807, 2.05) is 33.1 Å². The maximum Gasteiger partial charge on any atom is 0.320 e. The summed E-state index contributed by atoms with van der Waals surface area (Å²) in [4.78, 5) is 28.6. The Labute approximate surface area is 103 Å². The van der Waals surface area contributed by atoms with Gasteiger partial charge in [-0.1, -0.05) is 27.7 Å². The second-order valence-electron chi connectivity index (χ2n) is 4.04. The standard InChI is InChI=1S/C5H10O.C3H4NO3.C3H9N.Fm/c1-5(2,3)4-6;5-2-4-1-3(6)7;1-3-4-2;/h4H,1-3H3;1H2,(H,4,5)(H,6,7);4H,3H2,1-2H3;/q;-1;;. The van der Waals surface area contributed by atoms with Crippen LogP contribution in [0.4, 0.5) is 0 Å². The molecular formula is C11H23FmN2O4-. The van der Waals surface area contributed by atoms with Gasteiger partial charge in [0.15, 0.2) is 0 Å². The Bertz CT molecular complexity index is 204. The molecule has 0 aromatic heterocycles. The van der Waals surface area contributed by atoms with Gasteiger partial charge in [0.1, 0.15) is 6.29 Å². The number of rotatable bonds is 4. The fraction of sp³-hybridized carbons (Fsp3) is 0.727. The summed E-state index contributed by atoms with van der Waals surface area (Å²) in [5.41, 5.74) is -0.139. The van der Waals surface area contributed by atoms with Gasteiger partial charge < -0.3 is 25.3 Å². The minimum absolute atomic E-state index is 0. The number of carboxylic acids is 1. The second-order valence-corrected chi connectivity index (χ2v) is 4.04. The van der Waals surface area contributed by atoms with E-state index in [0.29, 0.717) is 0 Å². The van der Waals surface area contributed by atoms with Gasteiger partial charge >= 0.3 is 5.97 Å². The van der Waals surface area contributed by atoms with E-state index in [-0.39, 0.29) is 12.0 Å². The van der Waals surface area contributed by atoms with E-state index in [9.17, 15) is 14.4 Å². The fourth-order valence-electron chi connectivity index (χ4n) is 0.112. The van der Waals surface area contributed by atoms with E-state index < -0.39 is 5.97 Å². The van der Waals surface area contributed by atoms with Crippen LogP contribution in [0.25, 0.3) is 0 Å². The van der Waals surface area contributed by atoms with E-state index in [1.54, 1.807) is 0 Å². The fourth-order valence-corrected chi connectivity index (χ4v) is 0.112. The van der Waals surface area contributed by atoms with Gasteiger partial charge in [0, 0.05) is 5.41 Å². The van der Waals surface area contributed by atoms with Gasteiger partial charge in [-0.15, -0.1) is 0 Å². The normalized spacial score (nSPS) is 8.28. The maximum atomic E-state index is 9.83. The van der Waals surface area contributed by atoms with Crippen molar-refractivity contribution in [3.8, 4) is 0 Å². The van der Waals surface area contributed by atoms with Crippen LogP contribution in [0.15, 0.2) is 0 Å². The summed E-state index contributed by atoms with van der Waals surface area (Å²) < 4.78 is 0.